The Morgan fingerprint density at radius 3 is 2.65 bits per heavy atom. The molecular formula is C25H31N6O4S2+. The van der Waals surface area contributed by atoms with Gasteiger partial charge in [0, 0.05) is 18.7 Å². The van der Waals surface area contributed by atoms with Crippen LogP contribution in [0.3, 0.4) is 0 Å². The zero-order chi connectivity index (χ0) is 25.8. The van der Waals surface area contributed by atoms with Gasteiger partial charge in [-0.15, -0.1) is 0 Å². The predicted octanol–water partition coefficient (Wildman–Crippen LogP) is 2.47. The Balaban J connectivity index is 1.35. The first-order valence-corrected chi connectivity index (χ1v) is 14.9. The van der Waals surface area contributed by atoms with Gasteiger partial charge in [0.1, 0.15) is 5.52 Å². The van der Waals surface area contributed by atoms with Gasteiger partial charge in [-0.25, -0.2) is 13.4 Å². The molecule has 3 heterocycles. The minimum atomic E-state index is -3.30. The number of benzene rings is 1. The second-order valence-corrected chi connectivity index (χ2v) is 12.4. The van der Waals surface area contributed by atoms with Crippen molar-refractivity contribution in [2.24, 2.45) is 5.10 Å². The molecule has 1 amide bonds. The van der Waals surface area contributed by atoms with Crippen molar-refractivity contribution >= 4 is 48.3 Å². The van der Waals surface area contributed by atoms with E-state index in [0.717, 1.165) is 49.2 Å². The van der Waals surface area contributed by atoms with Gasteiger partial charge in [0.2, 0.25) is 0 Å². The molecule has 3 N–H and O–H groups in total. The lowest BCUT2D eigenvalue weighted by Gasteiger charge is -2.14. The summed E-state index contributed by atoms with van der Waals surface area (Å²) in [5, 5.41) is 12.6. The molecule has 37 heavy (non-hydrogen) atoms. The van der Waals surface area contributed by atoms with E-state index in [1.54, 1.807) is 24.3 Å². The lowest BCUT2D eigenvalue weighted by atomic mass is 10.1. The van der Waals surface area contributed by atoms with E-state index in [-0.39, 0.29) is 15.9 Å². The molecule has 5 rings (SSSR count). The summed E-state index contributed by atoms with van der Waals surface area (Å²) in [5.74, 6) is 0.245. The molecule has 0 atom stereocenters. The molecule has 0 spiro atoms. The number of anilines is 1. The van der Waals surface area contributed by atoms with E-state index in [0.29, 0.717) is 36.0 Å². The van der Waals surface area contributed by atoms with E-state index in [2.05, 4.69) is 25.7 Å². The van der Waals surface area contributed by atoms with Crippen molar-refractivity contribution in [3.63, 3.8) is 0 Å². The molecule has 1 saturated carbocycles. The van der Waals surface area contributed by atoms with Crippen molar-refractivity contribution < 1.29 is 22.9 Å². The highest BCUT2D eigenvalue weighted by Gasteiger charge is 2.36. The number of nitrogens with one attached hydrogen (secondary N) is 3. The molecule has 0 bridgehead atoms. The van der Waals surface area contributed by atoms with E-state index < -0.39 is 15.7 Å². The fraction of sp³-hybridized carbons (Fsp3) is 0.440. The number of carbonyl (C=O) groups excluding carboxylic acids is 1. The van der Waals surface area contributed by atoms with Crippen LogP contribution in [-0.4, -0.2) is 68.6 Å². The first-order chi connectivity index (χ1) is 17.9. The zero-order valence-electron chi connectivity index (χ0n) is 20.7. The highest BCUT2D eigenvalue weighted by atomic mass is 32.2. The number of carbonyl (C=O) groups is 1. The van der Waals surface area contributed by atoms with Crippen molar-refractivity contribution in [3.05, 3.63) is 42.0 Å². The fourth-order valence-corrected chi connectivity index (χ4v) is 6.63. The summed E-state index contributed by atoms with van der Waals surface area (Å²) in [6, 6.07) is 10.1. The maximum atomic E-state index is 13.4. The highest BCUT2D eigenvalue weighted by molar-refractivity contribution is 7.92. The third-order valence-electron chi connectivity index (χ3n) is 6.29. The van der Waals surface area contributed by atoms with Crippen LogP contribution < -0.4 is 20.4 Å². The number of ether oxygens (including phenoxy) is 1. The third-order valence-corrected chi connectivity index (χ3v) is 9.47. The Morgan fingerprint density at radius 1 is 1.19 bits per heavy atom. The number of hydrazone groups is 1. The van der Waals surface area contributed by atoms with Crippen molar-refractivity contribution in [2.45, 2.75) is 42.2 Å². The van der Waals surface area contributed by atoms with Crippen LogP contribution in [0.15, 0.2) is 46.4 Å². The number of fused-ring (bicyclic) bond motifs is 1. The highest BCUT2D eigenvalue weighted by Crippen LogP contribution is 2.33. The number of pyridine rings is 1. The Hall–Kier alpha value is -3.09. The number of thiazole rings is 1. The van der Waals surface area contributed by atoms with Gasteiger partial charge in [-0.1, -0.05) is 12.1 Å². The van der Waals surface area contributed by atoms with Crippen LogP contribution in [0.5, 0.6) is 5.88 Å². The van der Waals surface area contributed by atoms with E-state index in [1.165, 1.54) is 11.3 Å². The second kappa shape index (κ2) is 11.1. The second-order valence-electron chi connectivity index (χ2n) is 9.19. The van der Waals surface area contributed by atoms with Crippen LogP contribution in [0.1, 0.15) is 37.7 Å². The average molecular weight is 544 g/mol. The smallest absolute Gasteiger partial charge is 0.367 e. The summed E-state index contributed by atoms with van der Waals surface area (Å²) in [6.07, 6.45) is 4.34. The molecule has 1 aliphatic carbocycles. The molecule has 0 unspecified atom stereocenters. The molecule has 10 nitrogen and oxygen atoms in total. The molecule has 1 saturated heterocycles. The van der Waals surface area contributed by atoms with E-state index >= 15 is 0 Å². The Bertz CT molecular complexity index is 1390. The van der Waals surface area contributed by atoms with E-state index in [9.17, 15) is 13.2 Å². The van der Waals surface area contributed by atoms with Gasteiger partial charge >= 0.3 is 5.88 Å². The molecule has 1 aromatic carbocycles. The zero-order valence-corrected chi connectivity index (χ0v) is 22.3. The van der Waals surface area contributed by atoms with Gasteiger partial charge in [-0.2, -0.15) is 10.1 Å². The summed E-state index contributed by atoms with van der Waals surface area (Å²) in [4.78, 5) is 22.2. The van der Waals surface area contributed by atoms with Crippen LogP contribution in [0.25, 0.3) is 10.3 Å². The van der Waals surface area contributed by atoms with E-state index in [4.69, 9.17) is 4.74 Å². The lowest BCUT2D eigenvalue weighted by Crippen LogP contribution is -2.27. The van der Waals surface area contributed by atoms with Gasteiger partial charge in [0.15, 0.2) is 20.7 Å². The van der Waals surface area contributed by atoms with Crippen molar-refractivity contribution in [2.75, 3.05) is 38.6 Å². The van der Waals surface area contributed by atoms with Crippen LogP contribution in [0.4, 0.5) is 5.13 Å². The monoisotopic (exact) mass is 543 g/mol. The summed E-state index contributed by atoms with van der Waals surface area (Å²) in [5.41, 5.74) is 1.51. The number of rotatable bonds is 11. The quantitative estimate of drug-likeness (QED) is 0.281. The van der Waals surface area contributed by atoms with Crippen LogP contribution in [0.2, 0.25) is 0 Å². The fourth-order valence-electron chi connectivity index (χ4n) is 4.12. The number of aromatic amines is 1. The number of nitrogens with zero attached hydrogens (tertiary/aromatic N) is 3. The molecule has 196 valence electrons. The van der Waals surface area contributed by atoms with Gasteiger partial charge in [-0.05, 0) is 75.2 Å². The van der Waals surface area contributed by atoms with E-state index in [1.807, 2.05) is 24.2 Å². The molecule has 3 aromatic rings. The van der Waals surface area contributed by atoms with Gasteiger partial charge in [0.05, 0.1) is 22.8 Å². The number of hydrogen-bond donors (Lipinski definition) is 2. The summed E-state index contributed by atoms with van der Waals surface area (Å²) < 4.78 is 30.9. The number of sulfone groups is 1. The maximum absolute atomic E-state index is 13.4. The molecular weight excluding hydrogens is 512 g/mol. The summed E-state index contributed by atoms with van der Waals surface area (Å²) in [7, 11) is -1.40. The van der Waals surface area contributed by atoms with Gasteiger partial charge in [0.25, 0.3) is 10.7 Å². The van der Waals surface area contributed by atoms with Crippen molar-refractivity contribution in [1.82, 2.24) is 15.3 Å². The number of aromatic nitrogens is 2. The standard InChI is InChI=1S/C25H30N6O4S2/c1-26-13-4-16-35-21-12-11-20-24(28-21)36-25(27-20)29-23(32)22(30-31-14-2-3-15-31)17-5-7-18(8-6-17)37(33,34)19-9-10-19/h5-8,11-12,19,26H,2-4,9-10,13-16H2,1H3,(H,27,29,32)/p+1/b30-22+. The van der Waals surface area contributed by atoms with Crippen LogP contribution in [-0.2, 0) is 14.6 Å². The topological polar surface area (TPSA) is 127 Å². The van der Waals surface area contributed by atoms with Crippen molar-refractivity contribution in [1.29, 1.82) is 0 Å². The largest absolute Gasteiger partial charge is 0.444 e. The third kappa shape index (κ3) is 6.08. The predicted molar refractivity (Wildman–Crippen MR) is 143 cm³/mol. The maximum Gasteiger partial charge on any atom is 0.367 e. The first kappa shape index (κ1) is 25.6. The normalized spacial score (nSPS) is 16.4. The Kier molecular flexibility index (Phi) is 7.68. The average Bonchev–Trinajstić information content (AvgIpc) is 3.50. The Labute approximate surface area is 220 Å². The molecule has 12 heteroatoms. The lowest BCUT2D eigenvalue weighted by molar-refractivity contribution is -0.360. The van der Waals surface area contributed by atoms with Crippen LogP contribution in [0, 0.1) is 0 Å². The molecule has 0 radical (unpaired) electrons. The summed E-state index contributed by atoms with van der Waals surface area (Å²) in [6.45, 7) is 3.01. The molecule has 1 aliphatic heterocycles. The number of hydrogen-bond acceptors (Lipinski definition) is 9. The number of H-pyrrole nitrogens is 1. The molecule has 2 aromatic heterocycles. The van der Waals surface area contributed by atoms with Gasteiger partial charge < -0.3 is 10.1 Å². The molecule has 2 fully saturated rings. The first-order valence-electron chi connectivity index (χ1n) is 12.5. The van der Waals surface area contributed by atoms with Crippen molar-refractivity contribution in [3.8, 4) is 5.88 Å². The molecule has 2 aliphatic rings. The van der Waals surface area contributed by atoms with Crippen LogP contribution >= 0.6 is 11.3 Å². The Morgan fingerprint density at radius 2 is 1.95 bits per heavy atom. The van der Waals surface area contributed by atoms with Gasteiger partial charge in [-0.3, -0.25) is 15.1 Å². The SMILES string of the molecule is CNCCCOc1ccc2nc(NC(=O)/C(=N/N3CCCC3)c3ccc(S(=O)(=O)C4CC4)cc3)sc2[nH+]1. The summed E-state index contributed by atoms with van der Waals surface area (Å²) >= 11 is 1.32. The minimum Gasteiger partial charge on any atom is -0.444 e. The minimum absolute atomic E-state index is 0.231. The number of amides is 1.